The molecule has 0 bridgehead atoms. The molecule has 2 fully saturated rings. The normalized spacial score (nSPS) is 32.5. The van der Waals surface area contributed by atoms with Crippen molar-refractivity contribution in [2.24, 2.45) is 5.92 Å². The van der Waals surface area contributed by atoms with Crippen molar-refractivity contribution >= 4 is 0 Å². The first-order chi connectivity index (χ1) is 8.16. The number of aliphatic hydroxyl groups excluding tert-OH is 1. The number of nitrogens with zero attached hydrogens (tertiary/aromatic N) is 2. The van der Waals surface area contributed by atoms with Crippen LogP contribution in [0.4, 0.5) is 0 Å². The molecule has 1 saturated carbocycles. The van der Waals surface area contributed by atoms with Gasteiger partial charge in [-0.3, -0.25) is 0 Å². The fourth-order valence-electron chi connectivity index (χ4n) is 3.34. The number of piperidine rings is 1. The molecule has 2 unspecified atom stereocenters. The third-order valence-electron chi connectivity index (χ3n) is 4.78. The van der Waals surface area contributed by atoms with Crippen LogP contribution in [0.15, 0.2) is 0 Å². The molecule has 3 nitrogen and oxygen atoms in total. The first kappa shape index (κ1) is 13.3. The largest absolute Gasteiger partial charge is 0.393 e. The molecule has 0 aromatic rings. The Bertz CT molecular complexity index is 226. The van der Waals surface area contributed by atoms with Crippen LogP contribution in [0, 0.1) is 5.92 Å². The zero-order valence-corrected chi connectivity index (χ0v) is 11.4. The van der Waals surface area contributed by atoms with E-state index >= 15 is 0 Å². The first-order valence-corrected chi connectivity index (χ1v) is 7.23. The van der Waals surface area contributed by atoms with Crippen LogP contribution in [0.5, 0.6) is 0 Å². The molecule has 1 aliphatic heterocycles. The molecular formula is C14H28N2O. The molecule has 1 heterocycles. The highest BCUT2D eigenvalue weighted by Gasteiger charge is 2.26. The summed E-state index contributed by atoms with van der Waals surface area (Å²) in [5.41, 5.74) is 0. The Labute approximate surface area is 106 Å². The van der Waals surface area contributed by atoms with E-state index in [1.807, 2.05) is 0 Å². The Morgan fingerprint density at radius 3 is 2.47 bits per heavy atom. The van der Waals surface area contributed by atoms with Gasteiger partial charge in [0.25, 0.3) is 0 Å². The SMILES string of the molecule is CN1CCC(N(C)CCC2CCCC2O)CC1. The highest BCUT2D eigenvalue weighted by molar-refractivity contribution is 4.80. The van der Waals surface area contributed by atoms with Crippen molar-refractivity contribution < 1.29 is 5.11 Å². The molecule has 1 N–H and O–H groups in total. The van der Waals surface area contributed by atoms with Gasteiger partial charge in [-0.15, -0.1) is 0 Å². The molecule has 2 rings (SSSR count). The maximum atomic E-state index is 9.82. The fourth-order valence-corrected chi connectivity index (χ4v) is 3.34. The van der Waals surface area contributed by atoms with Gasteiger partial charge >= 0.3 is 0 Å². The predicted octanol–water partition coefficient (Wildman–Crippen LogP) is 1.56. The maximum Gasteiger partial charge on any atom is 0.0568 e. The van der Waals surface area contributed by atoms with E-state index in [-0.39, 0.29) is 6.10 Å². The summed E-state index contributed by atoms with van der Waals surface area (Å²) in [6.45, 7) is 3.64. The van der Waals surface area contributed by atoms with Crippen molar-refractivity contribution in [3.63, 3.8) is 0 Å². The summed E-state index contributed by atoms with van der Waals surface area (Å²) in [5.74, 6) is 0.573. The van der Waals surface area contributed by atoms with Crippen LogP contribution >= 0.6 is 0 Å². The molecular weight excluding hydrogens is 212 g/mol. The molecule has 0 amide bonds. The van der Waals surface area contributed by atoms with E-state index in [0.717, 1.165) is 19.0 Å². The lowest BCUT2D eigenvalue weighted by Crippen LogP contribution is -2.42. The van der Waals surface area contributed by atoms with Gasteiger partial charge in [-0.05, 0) is 71.8 Å². The minimum absolute atomic E-state index is 0.0131. The van der Waals surface area contributed by atoms with E-state index in [9.17, 15) is 5.11 Å². The van der Waals surface area contributed by atoms with Crippen molar-refractivity contribution in [1.82, 2.24) is 9.80 Å². The van der Waals surface area contributed by atoms with Gasteiger partial charge in [0, 0.05) is 6.04 Å². The van der Waals surface area contributed by atoms with Gasteiger partial charge in [-0.1, -0.05) is 6.42 Å². The van der Waals surface area contributed by atoms with E-state index in [1.54, 1.807) is 0 Å². The summed E-state index contributed by atoms with van der Waals surface area (Å²) >= 11 is 0. The zero-order valence-electron chi connectivity index (χ0n) is 11.4. The molecule has 1 saturated heterocycles. The number of hydrogen-bond donors (Lipinski definition) is 1. The molecule has 0 aromatic heterocycles. The van der Waals surface area contributed by atoms with Crippen LogP contribution in [0.2, 0.25) is 0 Å². The van der Waals surface area contributed by atoms with Crippen LogP contribution < -0.4 is 0 Å². The van der Waals surface area contributed by atoms with E-state index in [1.165, 1.54) is 45.2 Å². The van der Waals surface area contributed by atoms with Crippen molar-refractivity contribution in [3.05, 3.63) is 0 Å². The summed E-state index contributed by atoms with van der Waals surface area (Å²) in [6.07, 6.45) is 7.28. The van der Waals surface area contributed by atoms with Crippen LogP contribution in [0.25, 0.3) is 0 Å². The molecule has 0 radical (unpaired) electrons. The molecule has 17 heavy (non-hydrogen) atoms. The van der Waals surface area contributed by atoms with Gasteiger partial charge in [0.1, 0.15) is 0 Å². The van der Waals surface area contributed by atoms with E-state index < -0.39 is 0 Å². The van der Waals surface area contributed by atoms with E-state index in [0.29, 0.717) is 5.92 Å². The Balaban J connectivity index is 1.68. The summed E-state index contributed by atoms with van der Waals surface area (Å²) in [7, 11) is 4.47. The smallest absolute Gasteiger partial charge is 0.0568 e. The number of rotatable bonds is 4. The Morgan fingerprint density at radius 1 is 1.18 bits per heavy atom. The standard InChI is InChI=1S/C14H28N2O/c1-15-9-7-13(8-10-15)16(2)11-6-12-4-3-5-14(12)17/h12-14,17H,3-11H2,1-2H3. The summed E-state index contributed by atoms with van der Waals surface area (Å²) in [4.78, 5) is 4.95. The second-order valence-corrected chi connectivity index (χ2v) is 6.06. The second-order valence-electron chi connectivity index (χ2n) is 6.06. The Morgan fingerprint density at radius 2 is 1.88 bits per heavy atom. The first-order valence-electron chi connectivity index (χ1n) is 7.23. The molecule has 0 spiro atoms. The van der Waals surface area contributed by atoms with E-state index in [4.69, 9.17) is 0 Å². The lowest BCUT2D eigenvalue weighted by atomic mass is 9.99. The van der Waals surface area contributed by atoms with Crippen LogP contribution in [0.1, 0.15) is 38.5 Å². The lowest BCUT2D eigenvalue weighted by molar-refractivity contribution is 0.103. The highest BCUT2D eigenvalue weighted by Crippen LogP contribution is 2.28. The van der Waals surface area contributed by atoms with Gasteiger partial charge < -0.3 is 14.9 Å². The Kier molecular flexibility index (Phi) is 4.83. The second kappa shape index (κ2) is 6.17. The van der Waals surface area contributed by atoms with Crippen molar-refractivity contribution in [3.8, 4) is 0 Å². The van der Waals surface area contributed by atoms with Crippen LogP contribution in [-0.4, -0.2) is 60.8 Å². The molecule has 0 aromatic carbocycles. The average Bonchev–Trinajstić information content (AvgIpc) is 2.73. The number of aliphatic hydroxyl groups is 1. The minimum atomic E-state index is -0.0131. The fraction of sp³-hybridized carbons (Fsp3) is 1.00. The van der Waals surface area contributed by atoms with Crippen molar-refractivity contribution in [2.75, 3.05) is 33.7 Å². The molecule has 2 atom stereocenters. The number of hydrogen-bond acceptors (Lipinski definition) is 3. The summed E-state index contributed by atoms with van der Waals surface area (Å²) in [5, 5.41) is 9.82. The molecule has 2 aliphatic rings. The minimum Gasteiger partial charge on any atom is -0.393 e. The lowest BCUT2D eigenvalue weighted by Gasteiger charge is -2.35. The Hall–Kier alpha value is -0.120. The van der Waals surface area contributed by atoms with Gasteiger partial charge in [-0.2, -0.15) is 0 Å². The topological polar surface area (TPSA) is 26.7 Å². The zero-order chi connectivity index (χ0) is 12.3. The molecule has 100 valence electrons. The average molecular weight is 240 g/mol. The highest BCUT2D eigenvalue weighted by atomic mass is 16.3. The van der Waals surface area contributed by atoms with E-state index in [2.05, 4.69) is 23.9 Å². The van der Waals surface area contributed by atoms with Gasteiger partial charge in [0.05, 0.1) is 6.10 Å². The van der Waals surface area contributed by atoms with Gasteiger partial charge in [0.15, 0.2) is 0 Å². The number of likely N-dealkylation sites (tertiary alicyclic amines) is 1. The summed E-state index contributed by atoms with van der Waals surface area (Å²) < 4.78 is 0. The van der Waals surface area contributed by atoms with Gasteiger partial charge in [0.2, 0.25) is 0 Å². The summed E-state index contributed by atoms with van der Waals surface area (Å²) in [6, 6.07) is 0.768. The monoisotopic (exact) mass is 240 g/mol. The maximum absolute atomic E-state index is 9.82. The van der Waals surface area contributed by atoms with Crippen LogP contribution in [0.3, 0.4) is 0 Å². The van der Waals surface area contributed by atoms with Crippen molar-refractivity contribution in [2.45, 2.75) is 50.7 Å². The molecule has 3 heteroatoms. The van der Waals surface area contributed by atoms with Crippen LogP contribution in [-0.2, 0) is 0 Å². The third-order valence-corrected chi connectivity index (χ3v) is 4.78. The molecule has 1 aliphatic carbocycles. The third kappa shape index (κ3) is 3.67. The van der Waals surface area contributed by atoms with Gasteiger partial charge in [-0.25, -0.2) is 0 Å². The predicted molar refractivity (Wildman–Crippen MR) is 71.1 cm³/mol. The van der Waals surface area contributed by atoms with Crippen molar-refractivity contribution in [1.29, 1.82) is 0 Å². The quantitative estimate of drug-likeness (QED) is 0.808.